The largest absolute Gasteiger partial charge is 0.444 e. The van der Waals surface area contributed by atoms with E-state index in [0.717, 1.165) is 5.69 Å². The van der Waals surface area contributed by atoms with Gasteiger partial charge in [0.1, 0.15) is 11.4 Å². The van der Waals surface area contributed by atoms with Gasteiger partial charge in [-0.15, -0.1) is 0 Å². The highest BCUT2D eigenvalue weighted by Gasteiger charge is 2.28. The second kappa shape index (κ2) is 8.85. The molecule has 1 saturated heterocycles. The van der Waals surface area contributed by atoms with E-state index in [-0.39, 0.29) is 23.9 Å². The maximum absolute atomic E-state index is 13.2. The molecule has 1 aliphatic rings. The van der Waals surface area contributed by atoms with E-state index in [1.807, 2.05) is 27.7 Å². The maximum atomic E-state index is 13.2. The zero-order valence-electron chi connectivity index (χ0n) is 17.9. The summed E-state index contributed by atoms with van der Waals surface area (Å²) < 4.78 is 20.3. The lowest BCUT2D eigenvalue weighted by Gasteiger charge is -2.33. The lowest BCUT2D eigenvalue weighted by molar-refractivity contribution is 0.0199. The molecule has 1 aliphatic heterocycles. The van der Waals surface area contributed by atoms with Gasteiger partial charge in [-0.2, -0.15) is 5.10 Å². The monoisotopic (exact) mass is 416 g/mol. The Kier molecular flexibility index (Phi) is 6.43. The summed E-state index contributed by atoms with van der Waals surface area (Å²) >= 11 is 0. The number of likely N-dealkylation sites (tertiary alicyclic amines) is 1. The van der Waals surface area contributed by atoms with Crippen molar-refractivity contribution in [1.82, 2.24) is 20.0 Å². The van der Waals surface area contributed by atoms with Crippen molar-refractivity contribution in [2.75, 3.05) is 13.1 Å². The Balaban J connectivity index is 1.62. The number of hydrogen-bond acceptors (Lipinski definition) is 4. The Morgan fingerprint density at radius 1 is 1.20 bits per heavy atom. The normalized spacial score (nSPS) is 15.2. The van der Waals surface area contributed by atoms with Gasteiger partial charge >= 0.3 is 6.09 Å². The third-order valence-corrected chi connectivity index (χ3v) is 5.00. The molecule has 0 spiro atoms. The Bertz CT molecular complexity index is 894. The summed E-state index contributed by atoms with van der Waals surface area (Å²) in [5.74, 6) is -0.504. The first-order chi connectivity index (χ1) is 14.2. The first-order valence-electron chi connectivity index (χ1n) is 10.3. The van der Waals surface area contributed by atoms with E-state index in [9.17, 15) is 14.0 Å². The van der Waals surface area contributed by atoms with Gasteiger partial charge in [-0.05, 0) is 64.3 Å². The van der Waals surface area contributed by atoms with Gasteiger partial charge in [0.2, 0.25) is 0 Å². The van der Waals surface area contributed by atoms with Crippen molar-refractivity contribution in [2.24, 2.45) is 0 Å². The highest BCUT2D eigenvalue weighted by molar-refractivity contribution is 5.95. The lowest BCUT2D eigenvalue weighted by atomic mass is 10.0. The zero-order valence-corrected chi connectivity index (χ0v) is 17.9. The summed E-state index contributed by atoms with van der Waals surface area (Å²) in [7, 11) is 0. The van der Waals surface area contributed by atoms with Gasteiger partial charge in [-0.1, -0.05) is 6.92 Å². The fourth-order valence-corrected chi connectivity index (χ4v) is 3.50. The Hall–Kier alpha value is -2.90. The summed E-state index contributed by atoms with van der Waals surface area (Å²) in [4.78, 5) is 26.7. The zero-order chi connectivity index (χ0) is 21.9. The van der Waals surface area contributed by atoms with Crippen LogP contribution in [0.5, 0.6) is 0 Å². The molecule has 2 heterocycles. The van der Waals surface area contributed by atoms with Crippen LogP contribution in [0.3, 0.4) is 0 Å². The molecule has 0 bridgehead atoms. The van der Waals surface area contributed by atoms with Crippen LogP contribution in [0, 0.1) is 5.82 Å². The molecule has 0 unspecified atom stereocenters. The topological polar surface area (TPSA) is 76.5 Å². The molecule has 3 rings (SSSR count). The molecule has 1 N–H and O–H groups in total. The second-order valence-corrected chi connectivity index (χ2v) is 8.46. The van der Waals surface area contributed by atoms with Gasteiger partial charge in [0.25, 0.3) is 5.91 Å². The number of nitrogens with zero attached hydrogens (tertiary/aromatic N) is 3. The molecule has 0 aliphatic carbocycles. The molecule has 1 aromatic heterocycles. The summed E-state index contributed by atoms with van der Waals surface area (Å²) in [6.45, 7) is 8.55. The van der Waals surface area contributed by atoms with E-state index in [1.165, 1.54) is 12.1 Å². The minimum Gasteiger partial charge on any atom is -0.444 e. The summed E-state index contributed by atoms with van der Waals surface area (Å²) in [5.41, 5.74) is 1.46. The molecule has 0 atom stereocenters. The summed E-state index contributed by atoms with van der Waals surface area (Å²) in [6, 6.07) is 5.99. The lowest BCUT2D eigenvalue weighted by Crippen LogP contribution is -2.47. The molecule has 7 nitrogen and oxygen atoms in total. The molecular weight excluding hydrogens is 387 g/mol. The minimum absolute atomic E-state index is 0.0185. The number of piperidine rings is 1. The van der Waals surface area contributed by atoms with Gasteiger partial charge in [0.15, 0.2) is 0 Å². The Labute approximate surface area is 176 Å². The first kappa shape index (κ1) is 21.8. The molecule has 8 heteroatoms. The van der Waals surface area contributed by atoms with Crippen LogP contribution in [-0.2, 0) is 11.2 Å². The fourth-order valence-electron chi connectivity index (χ4n) is 3.50. The number of hydrogen-bond donors (Lipinski definition) is 1. The second-order valence-electron chi connectivity index (χ2n) is 8.46. The first-order valence-corrected chi connectivity index (χ1v) is 10.3. The van der Waals surface area contributed by atoms with Crippen molar-refractivity contribution in [1.29, 1.82) is 0 Å². The van der Waals surface area contributed by atoms with Crippen LogP contribution in [0.2, 0.25) is 0 Å². The predicted octanol–water partition coefficient (Wildman–Crippen LogP) is 3.70. The average molecular weight is 416 g/mol. The third kappa shape index (κ3) is 5.17. The number of carbonyl (C=O) groups excluding carboxylic acids is 2. The molecule has 0 saturated carbocycles. The number of ether oxygens (including phenoxy) is 1. The van der Waals surface area contributed by atoms with Crippen molar-refractivity contribution in [2.45, 2.75) is 58.6 Å². The van der Waals surface area contributed by atoms with E-state index in [4.69, 9.17) is 4.74 Å². The standard InChI is InChI=1S/C22H29FN4O3/c1-5-19-18(14-24-27(19)17-8-6-15(23)7-9-17)20(28)25-16-10-12-26(13-11-16)21(29)30-22(2,3)4/h6-9,14,16H,5,10-13H2,1-4H3,(H,25,28). The minimum atomic E-state index is -0.524. The molecule has 1 fully saturated rings. The van der Waals surface area contributed by atoms with Crippen molar-refractivity contribution in [3.63, 3.8) is 0 Å². The van der Waals surface area contributed by atoms with Crippen molar-refractivity contribution in [3.05, 3.63) is 47.5 Å². The molecule has 1 aromatic carbocycles. The summed E-state index contributed by atoms with van der Waals surface area (Å²) in [5, 5.41) is 7.39. The van der Waals surface area contributed by atoms with Crippen molar-refractivity contribution >= 4 is 12.0 Å². The number of benzene rings is 1. The Morgan fingerprint density at radius 3 is 2.40 bits per heavy atom. The SMILES string of the molecule is CCc1c(C(=O)NC2CCN(C(=O)OC(C)(C)C)CC2)cnn1-c1ccc(F)cc1. The van der Waals surface area contributed by atoms with Crippen LogP contribution >= 0.6 is 0 Å². The smallest absolute Gasteiger partial charge is 0.410 e. The van der Waals surface area contributed by atoms with Gasteiger partial charge in [-0.25, -0.2) is 13.9 Å². The number of aromatic nitrogens is 2. The van der Waals surface area contributed by atoms with Crippen LogP contribution in [-0.4, -0.2) is 51.4 Å². The van der Waals surface area contributed by atoms with E-state index in [2.05, 4.69) is 10.4 Å². The number of halogens is 1. The predicted molar refractivity (Wildman–Crippen MR) is 111 cm³/mol. The van der Waals surface area contributed by atoms with Gasteiger partial charge in [0.05, 0.1) is 23.1 Å². The van der Waals surface area contributed by atoms with Crippen molar-refractivity contribution < 1.29 is 18.7 Å². The molecular formula is C22H29FN4O3. The van der Waals surface area contributed by atoms with Crippen LogP contribution in [0.15, 0.2) is 30.5 Å². The van der Waals surface area contributed by atoms with Crippen molar-refractivity contribution in [3.8, 4) is 5.69 Å². The van der Waals surface area contributed by atoms with Crippen LogP contribution < -0.4 is 5.32 Å². The third-order valence-electron chi connectivity index (χ3n) is 5.00. The van der Waals surface area contributed by atoms with Crippen LogP contribution in [0.4, 0.5) is 9.18 Å². The fraction of sp³-hybridized carbons (Fsp3) is 0.500. The molecule has 0 radical (unpaired) electrons. The van der Waals surface area contributed by atoms with Crippen LogP contribution in [0.25, 0.3) is 5.69 Å². The number of carbonyl (C=O) groups is 2. The van der Waals surface area contributed by atoms with Gasteiger partial charge < -0.3 is 15.0 Å². The quantitative estimate of drug-likeness (QED) is 0.825. The highest BCUT2D eigenvalue weighted by Crippen LogP contribution is 2.19. The Morgan fingerprint density at radius 2 is 1.83 bits per heavy atom. The van der Waals surface area contributed by atoms with Gasteiger partial charge in [-0.3, -0.25) is 4.79 Å². The number of amides is 2. The molecule has 162 valence electrons. The van der Waals surface area contributed by atoms with Gasteiger partial charge in [0, 0.05) is 19.1 Å². The number of nitrogens with one attached hydrogen (secondary N) is 1. The summed E-state index contributed by atoms with van der Waals surface area (Å²) in [6.07, 6.45) is 3.17. The molecule has 30 heavy (non-hydrogen) atoms. The van der Waals surface area contributed by atoms with E-state index >= 15 is 0 Å². The van der Waals surface area contributed by atoms with E-state index < -0.39 is 5.60 Å². The van der Waals surface area contributed by atoms with E-state index in [0.29, 0.717) is 43.6 Å². The van der Waals surface area contributed by atoms with E-state index in [1.54, 1.807) is 27.9 Å². The number of rotatable bonds is 4. The maximum Gasteiger partial charge on any atom is 0.410 e. The average Bonchev–Trinajstić information content (AvgIpc) is 3.12. The molecule has 2 aromatic rings. The molecule has 2 amide bonds. The van der Waals surface area contributed by atoms with Crippen LogP contribution in [0.1, 0.15) is 56.6 Å². The highest BCUT2D eigenvalue weighted by atomic mass is 19.1.